The third-order valence-electron chi connectivity index (χ3n) is 5.29. The second kappa shape index (κ2) is 9.45. The number of nitriles is 1. The molecule has 0 saturated carbocycles. The number of nitrogens with zero attached hydrogens (tertiary/aromatic N) is 1. The average Bonchev–Trinajstić information content (AvgIpc) is 2.82. The summed E-state index contributed by atoms with van der Waals surface area (Å²) in [5.41, 5.74) is 8.49. The molecule has 1 aliphatic heterocycles. The lowest BCUT2D eigenvalue weighted by atomic mass is 9.83. The van der Waals surface area contributed by atoms with Crippen molar-refractivity contribution in [1.29, 1.82) is 5.26 Å². The minimum Gasteiger partial charge on any atom is -0.482 e. The monoisotopic (exact) mass is 444 g/mol. The first-order valence-electron chi connectivity index (χ1n) is 10.4. The SMILES string of the molecule is CCc1ccc(OCC(=O)Oc2ccc3c(c2)OC(N)=C(C#N)C3c2cccc(F)c2)cc1. The van der Waals surface area contributed by atoms with Crippen molar-refractivity contribution in [2.45, 2.75) is 19.3 Å². The summed E-state index contributed by atoms with van der Waals surface area (Å²) in [6.07, 6.45) is 0.915. The van der Waals surface area contributed by atoms with Crippen LogP contribution in [0.25, 0.3) is 0 Å². The number of aryl methyl sites for hydroxylation is 1. The molecule has 2 N–H and O–H groups in total. The van der Waals surface area contributed by atoms with E-state index in [-0.39, 0.29) is 23.8 Å². The van der Waals surface area contributed by atoms with Crippen molar-refractivity contribution in [3.63, 3.8) is 0 Å². The molecule has 1 aliphatic rings. The molecule has 0 aliphatic carbocycles. The van der Waals surface area contributed by atoms with Crippen molar-refractivity contribution in [3.05, 3.63) is 101 Å². The molecule has 4 rings (SSSR count). The van der Waals surface area contributed by atoms with E-state index >= 15 is 0 Å². The highest BCUT2D eigenvalue weighted by atomic mass is 19.1. The van der Waals surface area contributed by atoms with Gasteiger partial charge in [-0.2, -0.15) is 5.26 Å². The van der Waals surface area contributed by atoms with Gasteiger partial charge < -0.3 is 19.9 Å². The van der Waals surface area contributed by atoms with E-state index in [0.29, 0.717) is 22.6 Å². The van der Waals surface area contributed by atoms with Gasteiger partial charge in [0.1, 0.15) is 34.7 Å². The Balaban J connectivity index is 1.51. The second-order valence-corrected chi connectivity index (χ2v) is 7.44. The highest BCUT2D eigenvalue weighted by molar-refractivity contribution is 5.74. The van der Waals surface area contributed by atoms with Gasteiger partial charge in [-0.15, -0.1) is 0 Å². The van der Waals surface area contributed by atoms with Gasteiger partial charge in [0.25, 0.3) is 0 Å². The average molecular weight is 444 g/mol. The van der Waals surface area contributed by atoms with Crippen LogP contribution >= 0.6 is 0 Å². The van der Waals surface area contributed by atoms with Crippen LogP contribution < -0.4 is 19.9 Å². The highest BCUT2D eigenvalue weighted by Gasteiger charge is 2.31. The summed E-state index contributed by atoms with van der Waals surface area (Å²) in [4.78, 5) is 12.3. The highest BCUT2D eigenvalue weighted by Crippen LogP contribution is 2.43. The maximum atomic E-state index is 13.8. The summed E-state index contributed by atoms with van der Waals surface area (Å²) in [5, 5.41) is 9.60. The predicted molar refractivity (Wildman–Crippen MR) is 119 cm³/mol. The summed E-state index contributed by atoms with van der Waals surface area (Å²) in [6.45, 7) is 1.79. The maximum Gasteiger partial charge on any atom is 0.349 e. The molecule has 0 spiro atoms. The van der Waals surface area contributed by atoms with E-state index in [1.54, 1.807) is 36.4 Å². The molecule has 3 aromatic rings. The Bertz CT molecular complexity index is 1260. The Kier molecular flexibility index (Phi) is 6.27. The van der Waals surface area contributed by atoms with E-state index < -0.39 is 17.7 Å². The molecule has 166 valence electrons. The molecule has 1 atom stereocenters. The Morgan fingerprint density at radius 1 is 1.12 bits per heavy atom. The second-order valence-electron chi connectivity index (χ2n) is 7.44. The number of esters is 1. The molecular weight excluding hydrogens is 423 g/mol. The van der Waals surface area contributed by atoms with Crippen molar-refractivity contribution in [2.24, 2.45) is 5.73 Å². The standard InChI is InChI=1S/C26H21FN2O4/c1-2-16-6-8-19(9-7-16)31-15-24(30)32-20-10-11-21-23(13-20)33-26(29)22(14-28)25(21)17-4-3-5-18(27)12-17/h3-13,25H,2,15,29H2,1H3. The van der Waals surface area contributed by atoms with Crippen LogP contribution in [-0.4, -0.2) is 12.6 Å². The van der Waals surface area contributed by atoms with E-state index in [1.165, 1.54) is 23.8 Å². The molecule has 0 fully saturated rings. The van der Waals surface area contributed by atoms with Crippen LogP contribution in [0.4, 0.5) is 4.39 Å². The number of benzene rings is 3. The fourth-order valence-corrected chi connectivity index (χ4v) is 3.65. The number of carbonyl (C=O) groups is 1. The van der Waals surface area contributed by atoms with Crippen molar-refractivity contribution in [2.75, 3.05) is 6.61 Å². The first-order valence-corrected chi connectivity index (χ1v) is 10.4. The third-order valence-corrected chi connectivity index (χ3v) is 5.29. The zero-order valence-electron chi connectivity index (χ0n) is 17.9. The maximum absolute atomic E-state index is 13.8. The predicted octanol–water partition coefficient (Wildman–Crippen LogP) is 4.59. The molecule has 0 amide bonds. The minimum atomic E-state index is -0.603. The van der Waals surface area contributed by atoms with Crippen molar-refractivity contribution >= 4 is 5.97 Å². The Morgan fingerprint density at radius 2 is 1.88 bits per heavy atom. The lowest BCUT2D eigenvalue weighted by Gasteiger charge is -2.26. The largest absolute Gasteiger partial charge is 0.482 e. The summed E-state index contributed by atoms with van der Waals surface area (Å²) < 4.78 is 30.3. The minimum absolute atomic E-state index is 0.0819. The van der Waals surface area contributed by atoms with Gasteiger partial charge >= 0.3 is 5.97 Å². The number of fused-ring (bicyclic) bond motifs is 1. The fraction of sp³-hybridized carbons (Fsp3) is 0.154. The van der Waals surface area contributed by atoms with Crippen LogP contribution in [0.1, 0.15) is 29.5 Å². The third kappa shape index (κ3) is 4.80. The molecule has 1 unspecified atom stereocenters. The molecule has 0 saturated heterocycles. The molecule has 3 aromatic carbocycles. The fourth-order valence-electron chi connectivity index (χ4n) is 3.65. The van der Waals surface area contributed by atoms with E-state index in [1.807, 2.05) is 12.1 Å². The molecule has 6 nitrogen and oxygen atoms in total. The number of hydrogen-bond donors (Lipinski definition) is 1. The summed E-state index contributed by atoms with van der Waals surface area (Å²) in [7, 11) is 0. The van der Waals surface area contributed by atoms with E-state index in [0.717, 1.165) is 6.42 Å². The first-order chi connectivity index (χ1) is 16.0. The zero-order chi connectivity index (χ0) is 23.4. The normalized spacial score (nSPS) is 14.6. The van der Waals surface area contributed by atoms with Crippen molar-refractivity contribution in [3.8, 4) is 23.3 Å². The Labute approximate surface area is 190 Å². The summed E-state index contributed by atoms with van der Waals surface area (Å²) in [5.74, 6) is -0.579. The van der Waals surface area contributed by atoms with E-state index in [4.69, 9.17) is 19.9 Å². The molecule has 0 aromatic heterocycles. The molecule has 33 heavy (non-hydrogen) atoms. The summed E-state index contributed by atoms with van der Waals surface area (Å²) >= 11 is 0. The lowest BCUT2D eigenvalue weighted by Crippen LogP contribution is -2.21. The lowest BCUT2D eigenvalue weighted by molar-refractivity contribution is -0.136. The van der Waals surface area contributed by atoms with Gasteiger partial charge in [0, 0.05) is 11.6 Å². The number of carbonyl (C=O) groups excluding carboxylic acids is 1. The van der Waals surface area contributed by atoms with Gasteiger partial charge in [0.05, 0.1) is 5.92 Å². The van der Waals surface area contributed by atoms with Crippen LogP contribution in [0.5, 0.6) is 17.2 Å². The van der Waals surface area contributed by atoms with Crippen LogP contribution in [0.15, 0.2) is 78.2 Å². The number of halogens is 1. The van der Waals surface area contributed by atoms with Crippen LogP contribution in [0.2, 0.25) is 0 Å². The first kappa shape index (κ1) is 21.9. The smallest absolute Gasteiger partial charge is 0.349 e. The molecule has 1 heterocycles. The van der Waals surface area contributed by atoms with Gasteiger partial charge in [0.2, 0.25) is 5.88 Å². The van der Waals surface area contributed by atoms with Crippen LogP contribution in [0, 0.1) is 17.1 Å². The van der Waals surface area contributed by atoms with E-state index in [9.17, 15) is 14.4 Å². The van der Waals surface area contributed by atoms with E-state index in [2.05, 4.69) is 13.0 Å². The van der Waals surface area contributed by atoms with Gasteiger partial charge in [0.15, 0.2) is 6.61 Å². The number of rotatable bonds is 6. The van der Waals surface area contributed by atoms with Crippen LogP contribution in [0.3, 0.4) is 0 Å². The van der Waals surface area contributed by atoms with Gasteiger partial charge in [-0.25, -0.2) is 9.18 Å². The zero-order valence-corrected chi connectivity index (χ0v) is 17.9. The molecule has 7 heteroatoms. The number of nitrogens with two attached hydrogens (primary N) is 1. The topological polar surface area (TPSA) is 94.6 Å². The summed E-state index contributed by atoms with van der Waals surface area (Å²) in [6, 6.07) is 20.2. The van der Waals surface area contributed by atoms with Crippen molar-refractivity contribution in [1.82, 2.24) is 0 Å². The van der Waals surface area contributed by atoms with Gasteiger partial charge in [-0.1, -0.05) is 37.3 Å². The molecule has 0 bridgehead atoms. The Hall–Kier alpha value is -4.31. The quantitative estimate of drug-likeness (QED) is 0.441. The van der Waals surface area contributed by atoms with Crippen LogP contribution in [-0.2, 0) is 11.2 Å². The molecule has 0 radical (unpaired) electrons. The molecular formula is C26H21FN2O4. The Morgan fingerprint density at radius 3 is 2.58 bits per heavy atom. The number of ether oxygens (including phenoxy) is 3. The number of hydrogen-bond acceptors (Lipinski definition) is 6. The van der Waals surface area contributed by atoms with Gasteiger partial charge in [-0.3, -0.25) is 0 Å². The van der Waals surface area contributed by atoms with Gasteiger partial charge in [-0.05, 0) is 47.9 Å². The van der Waals surface area contributed by atoms with Crippen molar-refractivity contribution < 1.29 is 23.4 Å². The number of allylic oxidation sites excluding steroid dienone is 1.